The fraction of sp³-hybridized carbons (Fsp3) is 0.550. The van der Waals surface area contributed by atoms with Crippen molar-refractivity contribution in [3.8, 4) is 0 Å². The van der Waals surface area contributed by atoms with E-state index in [9.17, 15) is 18.0 Å². The number of hydrogen-bond donors (Lipinski definition) is 1. The Bertz CT molecular complexity index is 1060. The summed E-state index contributed by atoms with van der Waals surface area (Å²) in [6.07, 6.45) is 2.67. The van der Waals surface area contributed by atoms with Crippen LogP contribution in [0.15, 0.2) is 32.2 Å². The van der Waals surface area contributed by atoms with E-state index in [2.05, 4.69) is 10.5 Å². The molecule has 4 heterocycles. The maximum absolute atomic E-state index is 12.8. The third-order valence-electron chi connectivity index (χ3n) is 5.62. The van der Waals surface area contributed by atoms with Gasteiger partial charge in [-0.3, -0.25) is 14.5 Å². The number of nitrogens with one attached hydrogen (secondary N) is 1. The van der Waals surface area contributed by atoms with Crippen molar-refractivity contribution in [1.82, 2.24) is 19.3 Å². The van der Waals surface area contributed by atoms with E-state index in [1.807, 2.05) is 4.90 Å². The monoisotopic (exact) mass is 465 g/mol. The number of aromatic nitrogens is 1. The molecule has 174 valence electrons. The largest absolute Gasteiger partial charge is 0.438 e. The summed E-state index contributed by atoms with van der Waals surface area (Å²) in [6.45, 7) is 4.69. The van der Waals surface area contributed by atoms with Crippen molar-refractivity contribution in [3.05, 3.63) is 29.7 Å². The Morgan fingerprint density at radius 1 is 1.06 bits per heavy atom. The van der Waals surface area contributed by atoms with Crippen LogP contribution < -0.4 is 5.32 Å². The molecule has 2 aromatic heterocycles. The molecule has 2 aliphatic heterocycles. The molecule has 12 heteroatoms. The van der Waals surface area contributed by atoms with E-state index in [0.29, 0.717) is 50.8 Å². The van der Waals surface area contributed by atoms with Crippen LogP contribution in [-0.2, 0) is 14.8 Å². The minimum Gasteiger partial charge on any atom is -0.438 e. The number of nitrogens with zero attached hydrogens (tertiary/aromatic N) is 4. The Morgan fingerprint density at radius 2 is 1.78 bits per heavy atom. The first-order valence-corrected chi connectivity index (χ1v) is 12.1. The van der Waals surface area contributed by atoms with Gasteiger partial charge in [0.15, 0.2) is 11.6 Å². The quantitative estimate of drug-likeness (QED) is 0.673. The molecule has 1 N–H and O–H groups in total. The van der Waals surface area contributed by atoms with Crippen LogP contribution in [0.4, 0.5) is 5.82 Å². The van der Waals surface area contributed by atoms with Crippen LogP contribution in [0.1, 0.15) is 35.6 Å². The fourth-order valence-electron chi connectivity index (χ4n) is 3.88. The number of rotatable bonds is 6. The van der Waals surface area contributed by atoms with E-state index in [1.54, 1.807) is 17.9 Å². The summed E-state index contributed by atoms with van der Waals surface area (Å²) in [7, 11) is -3.72. The Morgan fingerprint density at radius 3 is 2.44 bits per heavy atom. The molecule has 32 heavy (non-hydrogen) atoms. The smallest absolute Gasteiger partial charge is 0.289 e. The van der Waals surface area contributed by atoms with Gasteiger partial charge in [-0.05, 0) is 31.9 Å². The molecule has 0 saturated carbocycles. The van der Waals surface area contributed by atoms with Gasteiger partial charge in [-0.25, -0.2) is 8.42 Å². The Hall–Kier alpha value is -2.70. The zero-order valence-electron chi connectivity index (χ0n) is 17.9. The molecular formula is C20H27N5O6S. The zero-order valence-corrected chi connectivity index (χ0v) is 18.8. The average molecular weight is 466 g/mol. The number of aryl methyl sites for hydroxylation is 1. The van der Waals surface area contributed by atoms with E-state index in [-0.39, 0.29) is 29.2 Å². The van der Waals surface area contributed by atoms with Crippen LogP contribution in [0.2, 0.25) is 0 Å². The molecule has 0 bridgehead atoms. The SMILES string of the molecule is Cc1cc(NC(=O)CN2CCN(C(=O)c3ccc(S(=O)(=O)N4CCCCC4)o3)CC2)no1. The zero-order chi connectivity index (χ0) is 22.7. The summed E-state index contributed by atoms with van der Waals surface area (Å²) in [5, 5.41) is 6.21. The Labute approximate surface area is 186 Å². The highest BCUT2D eigenvalue weighted by atomic mass is 32.2. The van der Waals surface area contributed by atoms with Crippen LogP contribution >= 0.6 is 0 Å². The first-order valence-electron chi connectivity index (χ1n) is 10.7. The molecule has 2 aliphatic rings. The van der Waals surface area contributed by atoms with Crippen LogP contribution in [0, 0.1) is 6.92 Å². The number of carbonyl (C=O) groups excluding carboxylic acids is 2. The van der Waals surface area contributed by atoms with Gasteiger partial charge in [-0.1, -0.05) is 11.6 Å². The minimum absolute atomic E-state index is 0.00757. The Balaban J connectivity index is 1.29. The van der Waals surface area contributed by atoms with Crippen molar-refractivity contribution in [2.75, 3.05) is 51.1 Å². The lowest BCUT2D eigenvalue weighted by Crippen LogP contribution is -2.50. The highest BCUT2D eigenvalue weighted by Gasteiger charge is 2.31. The number of anilines is 1. The van der Waals surface area contributed by atoms with Gasteiger partial charge in [0, 0.05) is 45.3 Å². The third kappa shape index (κ3) is 5.03. The molecule has 0 radical (unpaired) electrons. The number of piperazine rings is 1. The summed E-state index contributed by atoms with van der Waals surface area (Å²) in [5.74, 6) is 0.420. The number of piperidine rings is 1. The molecule has 0 unspecified atom stereocenters. The van der Waals surface area contributed by atoms with Crippen LogP contribution in [0.25, 0.3) is 0 Å². The molecule has 4 rings (SSSR count). The predicted octanol–water partition coefficient (Wildman–Crippen LogP) is 1.15. The molecule has 2 fully saturated rings. The Kier molecular flexibility index (Phi) is 6.63. The molecule has 2 amide bonds. The van der Waals surface area contributed by atoms with Crippen molar-refractivity contribution in [1.29, 1.82) is 0 Å². The van der Waals surface area contributed by atoms with Crippen molar-refractivity contribution in [2.24, 2.45) is 0 Å². The van der Waals surface area contributed by atoms with E-state index >= 15 is 0 Å². The molecule has 0 atom stereocenters. The van der Waals surface area contributed by atoms with E-state index in [4.69, 9.17) is 8.94 Å². The highest BCUT2D eigenvalue weighted by Crippen LogP contribution is 2.23. The van der Waals surface area contributed by atoms with Gasteiger partial charge in [0.2, 0.25) is 11.0 Å². The summed E-state index contributed by atoms with van der Waals surface area (Å²) < 4.78 is 37.3. The molecule has 11 nitrogen and oxygen atoms in total. The summed E-state index contributed by atoms with van der Waals surface area (Å²) in [6, 6.07) is 4.40. The third-order valence-corrected chi connectivity index (χ3v) is 7.40. The van der Waals surface area contributed by atoms with Crippen LogP contribution in [-0.4, -0.2) is 85.3 Å². The van der Waals surface area contributed by atoms with Crippen molar-refractivity contribution in [2.45, 2.75) is 31.3 Å². The van der Waals surface area contributed by atoms with Crippen LogP contribution in [0.5, 0.6) is 0 Å². The maximum atomic E-state index is 12.8. The molecule has 2 saturated heterocycles. The molecule has 0 aliphatic carbocycles. The fourth-order valence-corrected chi connectivity index (χ4v) is 5.31. The van der Waals surface area contributed by atoms with Gasteiger partial charge in [0.1, 0.15) is 5.76 Å². The van der Waals surface area contributed by atoms with E-state index in [1.165, 1.54) is 16.4 Å². The first kappa shape index (κ1) is 22.5. The number of hydrogen-bond acceptors (Lipinski definition) is 8. The number of amides is 2. The molecule has 0 spiro atoms. The molecular weight excluding hydrogens is 438 g/mol. The molecule has 2 aromatic rings. The average Bonchev–Trinajstić information content (AvgIpc) is 3.44. The van der Waals surface area contributed by atoms with E-state index in [0.717, 1.165) is 19.3 Å². The topological polar surface area (TPSA) is 129 Å². The van der Waals surface area contributed by atoms with Crippen LogP contribution in [0.3, 0.4) is 0 Å². The van der Waals surface area contributed by atoms with Crippen molar-refractivity contribution in [3.63, 3.8) is 0 Å². The summed E-state index contributed by atoms with van der Waals surface area (Å²) >= 11 is 0. The van der Waals surface area contributed by atoms with Gasteiger partial charge in [-0.2, -0.15) is 4.31 Å². The summed E-state index contributed by atoms with van der Waals surface area (Å²) in [5.41, 5.74) is 0. The number of furan rings is 1. The predicted molar refractivity (Wildman–Crippen MR) is 114 cm³/mol. The van der Waals surface area contributed by atoms with E-state index < -0.39 is 10.0 Å². The second-order valence-electron chi connectivity index (χ2n) is 8.02. The van der Waals surface area contributed by atoms with Crippen molar-refractivity contribution < 1.29 is 26.9 Å². The second-order valence-corrected chi connectivity index (χ2v) is 9.89. The lowest BCUT2D eigenvalue weighted by molar-refractivity contribution is -0.117. The van der Waals surface area contributed by atoms with Gasteiger partial charge < -0.3 is 19.2 Å². The standard InChI is InChI=1S/C20H27N5O6S/c1-15-13-17(22-31-15)21-18(26)14-23-9-11-24(12-10-23)20(27)16-5-6-19(30-16)32(28,29)25-7-3-2-4-8-25/h5-6,13H,2-4,7-12,14H2,1H3,(H,21,22,26). The normalized spacial score (nSPS) is 18.6. The van der Waals surface area contributed by atoms with Gasteiger partial charge in [0.25, 0.3) is 15.9 Å². The van der Waals surface area contributed by atoms with Gasteiger partial charge in [-0.15, -0.1) is 0 Å². The maximum Gasteiger partial charge on any atom is 0.289 e. The van der Waals surface area contributed by atoms with Crippen molar-refractivity contribution >= 4 is 27.7 Å². The minimum atomic E-state index is -3.72. The molecule has 0 aromatic carbocycles. The summed E-state index contributed by atoms with van der Waals surface area (Å²) in [4.78, 5) is 28.5. The second kappa shape index (κ2) is 9.43. The number of carbonyl (C=O) groups is 2. The van der Waals surface area contributed by atoms with Gasteiger partial charge >= 0.3 is 0 Å². The van der Waals surface area contributed by atoms with Gasteiger partial charge in [0.05, 0.1) is 6.54 Å². The first-order chi connectivity index (χ1) is 15.3. The highest BCUT2D eigenvalue weighted by molar-refractivity contribution is 7.89. The lowest BCUT2D eigenvalue weighted by Gasteiger charge is -2.33. The number of sulfonamides is 1. The lowest BCUT2D eigenvalue weighted by atomic mass is 10.2.